The van der Waals surface area contributed by atoms with Crippen LogP contribution in [0.5, 0.6) is 0 Å². The molecule has 3 nitrogen and oxygen atoms in total. The van der Waals surface area contributed by atoms with Gasteiger partial charge in [-0.05, 0) is 19.3 Å². The van der Waals surface area contributed by atoms with Crippen molar-refractivity contribution < 1.29 is 9.90 Å². The van der Waals surface area contributed by atoms with Crippen LogP contribution < -0.4 is 0 Å². The second-order valence-electron chi connectivity index (χ2n) is 6.21. The Bertz CT molecular complexity index is 255. The molecular formula is C17H33NO2. The molecule has 1 aliphatic heterocycles. The summed E-state index contributed by atoms with van der Waals surface area (Å²) in [5.74, 6) is 0.242. The predicted molar refractivity (Wildman–Crippen MR) is 83.7 cm³/mol. The smallest absolute Gasteiger partial charge is 0.222 e. The van der Waals surface area contributed by atoms with Gasteiger partial charge in [-0.15, -0.1) is 0 Å². The fraction of sp³-hybridized carbons (Fsp3) is 0.941. The normalized spacial score (nSPS) is 19.3. The molecule has 0 aromatic rings. The van der Waals surface area contributed by atoms with Crippen LogP contribution in [0.15, 0.2) is 0 Å². The zero-order chi connectivity index (χ0) is 14.6. The summed E-state index contributed by atoms with van der Waals surface area (Å²) in [4.78, 5) is 13.8. The topological polar surface area (TPSA) is 40.5 Å². The summed E-state index contributed by atoms with van der Waals surface area (Å²) in [6, 6.07) is 0. The molecule has 1 aliphatic rings. The summed E-state index contributed by atoms with van der Waals surface area (Å²) in [6.45, 7) is 3.64. The molecule has 118 valence electrons. The van der Waals surface area contributed by atoms with Crippen LogP contribution >= 0.6 is 0 Å². The van der Waals surface area contributed by atoms with Gasteiger partial charge < -0.3 is 10.0 Å². The van der Waals surface area contributed by atoms with Crippen molar-refractivity contribution in [3.8, 4) is 0 Å². The van der Waals surface area contributed by atoms with Crippen LogP contribution in [-0.4, -0.2) is 35.1 Å². The number of carbonyl (C=O) groups is 1. The van der Waals surface area contributed by atoms with Crippen LogP contribution in [0.2, 0.25) is 0 Å². The average molecular weight is 283 g/mol. The number of unbranched alkanes of at least 4 members (excludes halogenated alkanes) is 8. The predicted octanol–water partition coefficient (Wildman–Crippen LogP) is 3.89. The minimum Gasteiger partial charge on any atom is -0.391 e. The molecule has 0 aromatic heterocycles. The monoisotopic (exact) mass is 283 g/mol. The maximum Gasteiger partial charge on any atom is 0.222 e. The van der Waals surface area contributed by atoms with Gasteiger partial charge in [0.1, 0.15) is 0 Å². The van der Waals surface area contributed by atoms with Crippen LogP contribution in [0.4, 0.5) is 0 Å². The summed E-state index contributed by atoms with van der Waals surface area (Å²) in [6.07, 6.45) is 13.7. The van der Waals surface area contributed by atoms with E-state index in [-0.39, 0.29) is 12.0 Å². The van der Waals surface area contributed by atoms with Crippen LogP contribution in [0.1, 0.15) is 84.0 Å². The molecule has 0 bridgehead atoms. The van der Waals surface area contributed by atoms with Gasteiger partial charge in [0.15, 0.2) is 0 Å². The SMILES string of the molecule is CCCCCCCCCCCC(=O)N1CCCC(O)C1. The highest BCUT2D eigenvalue weighted by molar-refractivity contribution is 5.76. The third-order valence-corrected chi connectivity index (χ3v) is 4.24. The summed E-state index contributed by atoms with van der Waals surface area (Å²) < 4.78 is 0. The molecule has 20 heavy (non-hydrogen) atoms. The Balaban J connectivity index is 1.91. The number of rotatable bonds is 10. The van der Waals surface area contributed by atoms with E-state index in [0.717, 1.165) is 25.8 Å². The van der Waals surface area contributed by atoms with Gasteiger partial charge in [0.2, 0.25) is 5.91 Å². The molecule has 1 fully saturated rings. The minimum atomic E-state index is -0.296. The highest BCUT2D eigenvalue weighted by Gasteiger charge is 2.21. The first-order chi connectivity index (χ1) is 9.74. The van der Waals surface area contributed by atoms with E-state index < -0.39 is 0 Å². The first-order valence-corrected chi connectivity index (χ1v) is 8.70. The zero-order valence-electron chi connectivity index (χ0n) is 13.3. The van der Waals surface area contributed by atoms with Gasteiger partial charge in [-0.3, -0.25) is 4.79 Å². The number of aliphatic hydroxyl groups excluding tert-OH is 1. The molecule has 0 aromatic carbocycles. The molecule has 0 aliphatic carbocycles. The van der Waals surface area contributed by atoms with Gasteiger partial charge in [-0.25, -0.2) is 0 Å². The minimum absolute atomic E-state index is 0.242. The molecule has 1 rings (SSSR count). The fourth-order valence-corrected chi connectivity index (χ4v) is 2.93. The van der Waals surface area contributed by atoms with E-state index in [2.05, 4.69) is 6.92 Å². The number of β-amino-alcohol motifs (C(OH)–C–C–N with tert-alkyl or cyclic N) is 1. The molecule has 0 radical (unpaired) electrons. The Morgan fingerprint density at radius 1 is 1.05 bits per heavy atom. The Labute approximate surface area is 124 Å². The largest absolute Gasteiger partial charge is 0.391 e. The molecule has 1 heterocycles. The summed E-state index contributed by atoms with van der Waals surface area (Å²) >= 11 is 0. The Morgan fingerprint density at radius 3 is 2.25 bits per heavy atom. The van der Waals surface area contributed by atoms with Crippen molar-refractivity contribution in [1.29, 1.82) is 0 Å². The van der Waals surface area contributed by atoms with Crippen molar-refractivity contribution in [2.24, 2.45) is 0 Å². The second-order valence-corrected chi connectivity index (χ2v) is 6.21. The third kappa shape index (κ3) is 7.88. The Morgan fingerprint density at radius 2 is 1.65 bits per heavy atom. The Hall–Kier alpha value is -0.570. The molecule has 1 N–H and O–H groups in total. The molecule has 1 saturated heterocycles. The van der Waals surface area contributed by atoms with Crippen LogP contribution in [0.25, 0.3) is 0 Å². The lowest BCUT2D eigenvalue weighted by Gasteiger charge is -2.30. The van der Waals surface area contributed by atoms with E-state index in [0.29, 0.717) is 13.0 Å². The summed E-state index contributed by atoms with van der Waals surface area (Å²) in [7, 11) is 0. The van der Waals surface area contributed by atoms with Crippen molar-refractivity contribution in [2.45, 2.75) is 90.1 Å². The van der Waals surface area contributed by atoms with E-state index >= 15 is 0 Å². The van der Waals surface area contributed by atoms with E-state index in [1.54, 1.807) is 0 Å². The lowest BCUT2D eigenvalue weighted by Crippen LogP contribution is -2.42. The number of hydrogen-bond acceptors (Lipinski definition) is 2. The number of carbonyl (C=O) groups excluding carboxylic acids is 1. The quantitative estimate of drug-likeness (QED) is 0.618. The van der Waals surface area contributed by atoms with E-state index in [1.165, 1.54) is 51.4 Å². The lowest BCUT2D eigenvalue weighted by molar-refractivity contribution is -0.134. The van der Waals surface area contributed by atoms with Crippen molar-refractivity contribution in [2.75, 3.05) is 13.1 Å². The number of nitrogens with zero attached hydrogens (tertiary/aromatic N) is 1. The number of aliphatic hydroxyl groups is 1. The molecule has 0 spiro atoms. The Kier molecular flexibility index (Phi) is 9.73. The van der Waals surface area contributed by atoms with E-state index in [4.69, 9.17) is 0 Å². The van der Waals surface area contributed by atoms with Crippen molar-refractivity contribution in [1.82, 2.24) is 4.90 Å². The van der Waals surface area contributed by atoms with Crippen LogP contribution in [0.3, 0.4) is 0 Å². The van der Waals surface area contributed by atoms with Crippen molar-refractivity contribution in [3.05, 3.63) is 0 Å². The molecule has 0 saturated carbocycles. The molecular weight excluding hydrogens is 250 g/mol. The number of piperidine rings is 1. The summed E-state index contributed by atoms with van der Waals surface area (Å²) in [5.41, 5.74) is 0. The standard InChI is InChI=1S/C17H33NO2/c1-2-3-4-5-6-7-8-9-10-13-17(20)18-14-11-12-16(19)15-18/h16,19H,2-15H2,1H3. The van der Waals surface area contributed by atoms with Crippen LogP contribution in [-0.2, 0) is 4.79 Å². The lowest BCUT2D eigenvalue weighted by atomic mass is 10.1. The molecule has 1 amide bonds. The first kappa shape index (κ1) is 17.5. The number of likely N-dealkylation sites (tertiary alicyclic amines) is 1. The molecule has 1 unspecified atom stereocenters. The number of amides is 1. The van der Waals surface area contributed by atoms with Gasteiger partial charge in [0.25, 0.3) is 0 Å². The van der Waals surface area contributed by atoms with Crippen molar-refractivity contribution in [3.63, 3.8) is 0 Å². The third-order valence-electron chi connectivity index (χ3n) is 4.24. The molecule has 3 heteroatoms. The highest BCUT2D eigenvalue weighted by atomic mass is 16.3. The average Bonchev–Trinajstić information content (AvgIpc) is 2.45. The van der Waals surface area contributed by atoms with Gasteiger partial charge in [0, 0.05) is 19.5 Å². The maximum absolute atomic E-state index is 12.0. The van der Waals surface area contributed by atoms with Crippen molar-refractivity contribution >= 4 is 5.91 Å². The van der Waals surface area contributed by atoms with Gasteiger partial charge in [-0.2, -0.15) is 0 Å². The first-order valence-electron chi connectivity index (χ1n) is 8.70. The number of hydrogen-bond donors (Lipinski definition) is 1. The zero-order valence-corrected chi connectivity index (χ0v) is 13.3. The van der Waals surface area contributed by atoms with Gasteiger partial charge in [-0.1, -0.05) is 58.3 Å². The highest BCUT2D eigenvalue weighted by Crippen LogP contribution is 2.14. The van der Waals surface area contributed by atoms with E-state index in [9.17, 15) is 9.90 Å². The van der Waals surface area contributed by atoms with Gasteiger partial charge in [0.05, 0.1) is 6.10 Å². The van der Waals surface area contributed by atoms with Gasteiger partial charge >= 0.3 is 0 Å². The summed E-state index contributed by atoms with van der Waals surface area (Å²) in [5, 5.41) is 9.56. The maximum atomic E-state index is 12.0. The fourth-order valence-electron chi connectivity index (χ4n) is 2.93. The van der Waals surface area contributed by atoms with Crippen LogP contribution in [0, 0.1) is 0 Å². The molecule has 1 atom stereocenters. The van der Waals surface area contributed by atoms with E-state index in [1.807, 2.05) is 4.90 Å². The second kappa shape index (κ2) is 11.1.